The average Bonchev–Trinajstić information content (AvgIpc) is 3.33. The Labute approximate surface area is 213 Å². The van der Waals surface area contributed by atoms with Gasteiger partial charge in [-0.05, 0) is 52.0 Å². The lowest BCUT2D eigenvalue weighted by Gasteiger charge is -2.35. The van der Waals surface area contributed by atoms with Crippen molar-refractivity contribution >= 4 is 24.5 Å². The average molecular weight is 499 g/mol. The van der Waals surface area contributed by atoms with Crippen LogP contribution in [0.5, 0.6) is 0 Å². The van der Waals surface area contributed by atoms with E-state index >= 15 is 0 Å². The third-order valence-corrected chi connectivity index (χ3v) is 7.62. The molecular weight excluding hydrogens is 448 g/mol. The van der Waals surface area contributed by atoms with Crippen LogP contribution in [0.25, 0.3) is 0 Å². The zero-order valence-electron chi connectivity index (χ0n) is 22.2. The Hall–Kier alpha value is -0.790. The maximum atomic E-state index is 12.1. The summed E-state index contributed by atoms with van der Waals surface area (Å²) in [5.74, 6) is 0.374. The lowest BCUT2D eigenvalue weighted by atomic mass is 9.88. The molecule has 0 aliphatic carbocycles. The number of unbranched alkanes of at least 4 members (excludes halogenated alkanes) is 7. The molecule has 2 saturated heterocycles. The third kappa shape index (κ3) is 10.1. The molecule has 0 radical (unpaired) electrons. The van der Waals surface area contributed by atoms with Gasteiger partial charge in [0, 0.05) is 30.0 Å². The smallest absolute Gasteiger partial charge is 0.407 e. The molecule has 0 aromatic carbocycles. The highest BCUT2D eigenvalue weighted by Crippen LogP contribution is 2.42. The summed E-state index contributed by atoms with van der Waals surface area (Å²) in [6.45, 7) is 10.9. The molecule has 0 aromatic heterocycles. The van der Waals surface area contributed by atoms with Crippen molar-refractivity contribution in [1.82, 2.24) is 10.2 Å². The van der Waals surface area contributed by atoms with Gasteiger partial charge in [0.15, 0.2) is 0 Å². The molecule has 0 bridgehead atoms. The third-order valence-electron chi connectivity index (χ3n) is 7.47. The Morgan fingerprint density at radius 2 is 1.71 bits per heavy atom. The van der Waals surface area contributed by atoms with Gasteiger partial charge in [-0.1, -0.05) is 59.3 Å². The molecule has 198 valence electrons. The second kappa shape index (κ2) is 14.7. The van der Waals surface area contributed by atoms with Gasteiger partial charge in [-0.15, -0.1) is 12.6 Å². The van der Waals surface area contributed by atoms with Crippen LogP contribution in [0.1, 0.15) is 111 Å². The summed E-state index contributed by atoms with van der Waals surface area (Å²) in [5, 5.41) is 2.91. The number of alkyl carbamates (subject to hydrolysis) is 1. The van der Waals surface area contributed by atoms with Crippen molar-refractivity contribution in [2.45, 2.75) is 128 Å². The Balaban J connectivity index is 1.44. The fourth-order valence-corrected chi connectivity index (χ4v) is 5.40. The molecule has 2 fully saturated rings. The van der Waals surface area contributed by atoms with Crippen molar-refractivity contribution in [1.29, 1.82) is 0 Å². The molecule has 34 heavy (non-hydrogen) atoms. The number of ketones is 1. The van der Waals surface area contributed by atoms with E-state index in [1.54, 1.807) is 0 Å². The van der Waals surface area contributed by atoms with Gasteiger partial charge in [0.2, 0.25) is 0 Å². The highest BCUT2D eigenvalue weighted by atomic mass is 32.1. The van der Waals surface area contributed by atoms with E-state index in [1.165, 1.54) is 32.1 Å². The van der Waals surface area contributed by atoms with Gasteiger partial charge in [-0.25, -0.2) is 4.79 Å². The Morgan fingerprint density at radius 1 is 1.06 bits per heavy atom. The summed E-state index contributed by atoms with van der Waals surface area (Å²) in [4.78, 5) is 26.5. The summed E-state index contributed by atoms with van der Waals surface area (Å²) in [5.41, 5.74) is -0.129. The number of thiol groups is 1. The van der Waals surface area contributed by atoms with Crippen LogP contribution in [0.15, 0.2) is 0 Å². The van der Waals surface area contributed by atoms with Crippen LogP contribution < -0.4 is 5.32 Å². The zero-order valence-corrected chi connectivity index (χ0v) is 23.1. The van der Waals surface area contributed by atoms with E-state index in [1.807, 2.05) is 27.7 Å². The lowest BCUT2D eigenvalue weighted by Crippen LogP contribution is -2.47. The number of amides is 1. The molecule has 0 spiro atoms. The predicted molar refractivity (Wildman–Crippen MR) is 141 cm³/mol. The molecular formula is C27H50N2O4S. The molecule has 3 unspecified atom stereocenters. The summed E-state index contributed by atoms with van der Waals surface area (Å²) >= 11 is 4.35. The largest absolute Gasteiger partial charge is 0.448 e. The summed E-state index contributed by atoms with van der Waals surface area (Å²) < 4.78 is 11.4. The predicted octanol–water partition coefficient (Wildman–Crippen LogP) is 6.13. The van der Waals surface area contributed by atoms with Crippen molar-refractivity contribution in [2.24, 2.45) is 5.41 Å². The standard InChI is InChI=1S/C27H50N2O4S/c1-22(34)33-21-27-16-13-19-29(27)23(15-17-27)20-32-25(31)28-18-12-10-8-6-5-7-9-11-14-24(30)26(2,3)4/h22-23,34H,5-21H2,1-4H3,(H,28,31). The Kier molecular flexibility index (Phi) is 12.7. The van der Waals surface area contributed by atoms with Gasteiger partial charge >= 0.3 is 6.09 Å². The van der Waals surface area contributed by atoms with Crippen LogP contribution in [0, 0.1) is 5.41 Å². The van der Waals surface area contributed by atoms with E-state index in [9.17, 15) is 9.59 Å². The molecule has 3 atom stereocenters. The topological polar surface area (TPSA) is 67.9 Å². The molecule has 6 nitrogen and oxygen atoms in total. The highest BCUT2D eigenvalue weighted by molar-refractivity contribution is 7.80. The first-order chi connectivity index (χ1) is 16.1. The quantitative estimate of drug-likeness (QED) is 0.152. The van der Waals surface area contributed by atoms with E-state index in [2.05, 4.69) is 22.8 Å². The minimum absolute atomic E-state index is 0.0479. The van der Waals surface area contributed by atoms with Crippen molar-refractivity contribution in [2.75, 3.05) is 26.3 Å². The van der Waals surface area contributed by atoms with E-state index < -0.39 is 0 Å². The van der Waals surface area contributed by atoms with Gasteiger partial charge in [-0.3, -0.25) is 9.69 Å². The molecule has 1 N–H and O–H groups in total. The minimum Gasteiger partial charge on any atom is -0.448 e. The summed E-state index contributed by atoms with van der Waals surface area (Å²) in [6.07, 6.45) is 14.1. The fraction of sp³-hybridized carbons (Fsp3) is 0.926. The zero-order chi connectivity index (χ0) is 25.0. The number of carbonyl (C=O) groups is 2. The van der Waals surface area contributed by atoms with Crippen LogP contribution in [-0.2, 0) is 14.3 Å². The first-order valence-corrected chi connectivity index (χ1v) is 14.2. The molecule has 0 saturated carbocycles. The highest BCUT2D eigenvalue weighted by Gasteiger charge is 2.49. The second-order valence-corrected chi connectivity index (χ2v) is 12.1. The van der Waals surface area contributed by atoms with Gasteiger partial charge in [-0.2, -0.15) is 0 Å². The molecule has 2 rings (SSSR count). The van der Waals surface area contributed by atoms with Crippen LogP contribution >= 0.6 is 12.6 Å². The number of fused-ring (bicyclic) bond motifs is 1. The van der Waals surface area contributed by atoms with E-state index in [-0.39, 0.29) is 22.5 Å². The molecule has 2 aliphatic rings. The number of nitrogens with zero attached hydrogens (tertiary/aromatic N) is 1. The number of rotatable bonds is 16. The summed E-state index contributed by atoms with van der Waals surface area (Å²) in [6, 6.07) is 0.304. The van der Waals surface area contributed by atoms with Gasteiger partial charge < -0.3 is 14.8 Å². The SMILES string of the molecule is CC(S)OCC12CCCN1C(COC(=O)NCCCCCCCCCCC(=O)C(C)(C)C)CC2. The summed E-state index contributed by atoms with van der Waals surface area (Å²) in [7, 11) is 0. The Bertz CT molecular complexity index is 622. The molecule has 7 heteroatoms. The van der Waals surface area contributed by atoms with Crippen LogP contribution in [0.4, 0.5) is 4.79 Å². The number of nitrogens with one attached hydrogen (secondary N) is 1. The molecule has 0 aromatic rings. The van der Waals surface area contributed by atoms with Gasteiger partial charge in [0.1, 0.15) is 12.4 Å². The van der Waals surface area contributed by atoms with E-state index in [0.717, 1.165) is 58.1 Å². The molecule has 2 aliphatic heterocycles. The maximum Gasteiger partial charge on any atom is 0.407 e. The van der Waals surface area contributed by atoms with Crippen molar-refractivity contribution in [3.8, 4) is 0 Å². The normalized spacial score (nSPS) is 23.6. The minimum atomic E-state index is -0.290. The van der Waals surface area contributed by atoms with E-state index in [0.29, 0.717) is 31.4 Å². The van der Waals surface area contributed by atoms with Crippen molar-refractivity contribution in [3.05, 3.63) is 0 Å². The number of Topliss-reactive ketones (excluding diaryl/α,β-unsaturated/α-hetero) is 1. The number of ether oxygens (including phenoxy) is 2. The maximum absolute atomic E-state index is 12.1. The van der Waals surface area contributed by atoms with E-state index in [4.69, 9.17) is 9.47 Å². The molecule has 2 heterocycles. The van der Waals surface area contributed by atoms with Gasteiger partial charge in [0.05, 0.1) is 12.0 Å². The van der Waals surface area contributed by atoms with Crippen LogP contribution in [0.2, 0.25) is 0 Å². The van der Waals surface area contributed by atoms with Crippen molar-refractivity contribution < 1.29 is 19.1 Å². The monoisotopic (exact) mass is 498 g/mol. The Morgan fingerprint density at radius 3 is 2.35 bits per heavy atom. The number of carbonyl (C=O) groups excluding carboxylic acids is 2. The molecule has 1 amide bonds. The second-order valence-electron chi connectivity index (χ2n) is 11.4. The first kappa shape index (κ1) is 29.4. The number of hydrogen-bond acceptors (Lipinski definition) is 6. The number of hydrogen-bond donors (Lipinski definition) is 2. The fourth-order valence-electron chi connectivity index (χ4n) is 5.32. The van der Waals surface area contributed by atoms with Crippen LogP contribution in [0.3, 0.4) is 0 Å². The first-order valence-electron chi connectivity index (χ1n) is 13.6. The van der Waals surface area contributed by atoms with Gasteiger partial charge in [0.25, 0.3) is 0 Å². The lowest BCUT2D eigenvalue weighted by molar-refractivity contribution is -0.126. The van der Waals surface area contributed by atoms with Crippen LogP contribution in [-0.4, -0.2) is 60.1 Å². The van der Waals surface area contributed by atoms with Crippen molar-refractivity contribution in [3.63, 3.8) is 0 Å².